The highest BCUT2D eigenvalue weighted by Crippen LogP contribution is 2.17. The van der Waals surface area contributed by atoms with Gasteiger partial charge in [0.2, 0.25) is 0 Å². The molecule has 1 aromatic carbocycles. The number of nitrogens with one attached hydrogen (secondary N) is 1. The van der Waals surface area contributed by atoms with Gasteiger partial charge in [0.15, 0.2) is 0 Å². The van der Waals surface area contributed by atoms with E-state index in [1.54, 1.807) is 0 Å². The fourth-order valence-electron chi connectivity index (χ4n) is 1.58. The molecule has 2 N–H and O–H groups in total. The minimum Gasteiger partial charge on any atom is -0.395 e. The number of halogens is 1. The van der Waals surface area contributed by atoms with Crippen molar-refractivity contribution in [2.45, 2.75) is 0 Å². The fraction of sp³-hybridized carbons (Fsp3) is 0.167. The standard InChI is InChI=1S/C12H11FN2O2/c13-8-1-2-11-10(7-8)9(3-4-14-11)12(17)15-5-6-16/h1-4,7,16H,5-6H2,(H,15,17). The topological polar surface area (TPSA) is 62.2 Å². The lowest BCUT2D eigenvalue weighted by molar-refractivity contribution is 0.0946. The van der Waals surface area contributed by atoms with Gasteiger partial charge in [-0.05, 0) is 24.3 Å². The van der Waals surface area contributed by atoms with Crippen LogP contribution in [-0.2, 0) is 0 Å². The number of aliphatic hydroxyl groups is 1. The smallest absolute Gasteiger partial charge is 0.252 e. The number of pyridine rings is 1. The maximum Gasteiger partial charge on any atom is 0.252 e. The summed E-state index contributed by atoms with van der Waals surface area (Å²) in [6.07, 6.45) is 1.49. The zero-order valence-electron chi connectivity index (χ0n) is 8.98. The molecule has 5 heteroatoms. The molecule has 17 heavy (non-hydrogen) atoms. The van der Waals surface area contributed by atoms with Crippen molar-refractivity contribution in [1.29, 1.82) is 0 Å². The molecule has 88 valence electrons. The number of hydrogen-bond donors (Lipinski definition) is 2. The van der Waals surface area contributed by atoms with Crippen LogP contribution in [0.4, 0.5) is 4.39 Å². The lowest BCUT2D eigenvalue weighted by Crippen LogP contribution is -2.26. The van der Waals surface area contributed by atoms with Gasteiger partial charge in [0.05, 0.1) is 17.7 Å². The summed E-state index contributed by atoms with van der Waals surface area (Å²) in [5.41, 5.74) is 0.908. The van der Waals surface area contributed by atoms with Crippen LogP contribution >= 0.6 is 0 Å². The second-order valence-electron chi connectivity index (χ2n) is 3.50. The summed E-state index contributed by atoms with van der Waals surface area (Å²) in [6, 6.07) is 5.61. The SMILES string of the molecule is O=C(NCCO)c1ccnc2ccc(F)cc12. The molecule has 0 unspecified atom stereocenters. The Morgan fingerprint density at radius 1 is 1.41 bits per heavy atom. The maximum absolute atomic E-state index is 13.1. The Hall–Kier alpha value is -2.01. The Balaban J connectivity index is 2.46. The molecule has 2 aromatic rings. The van der Waals surface area contributed by atoms with Gasteiger partial charge in [0, 0.05) is 18.1 Å². The predicted octanol–water partition coefficient (Wildman–Crippen LogP) is 1.10. The van der Waals surface area contributed by atoms with Gasteiger partial charge in [-0.15, -0.1) is 0 Å². The molecule has 0 bridgehead atoms. The summed E-state index contributed by atoms with van der Waals surface area (Å²) in [6.45, 7) is 0.0289. The van der Waals surface area contributed by atoms with Gasteiger partial charge < -0.3 is 10.4 Å². The van der Waals surface area contributed by atoms with E-state index in [-0.39, 0.29) is 19.1 Å². The molecule has 0 saturated carbocycles. The molecule has 0 saturated heterocycles. The van der Waals surface area contributed by atoms with E-state index in [1.165, 1.54) is 30.5 Å². The van der Waals surface area contributed by atoms with Crippen molar-refractivity contribution in [2.75, 3.05) is 13.2 Å². The average Bonchev–Trinajstić information content (AvgIpc) is 2.35. The summed E-state index contributed by atoms with van der Waals surface area (Å²) < 4.78 is 13.1. The van der Waals surface area contributed by atoms with Crippen LogP contribution in [0.15, 0.2) is 30.5 Å². The van der Waals surface area contributed by atoms with Crippen LogP contribution in [0.5, 0.6) is 0 Å². The Labute approximate surface area is 97.1 Å². The molecule has 0 radical (unpaired) electrons. The molecular weight excluding hydrogens is 223 g/mol. The predicted molar refractivity (Wildman–Crippen MR) is 61.1 cm³/mol. The van der Waals surface area contributed by atoms with Crippen LogP contribution < -0.4 is 5.32 Å². The third kappa shape index (κ3) is 2.39. The minimum absolute atomic E-state index is 0.136. The first-order chi connectivity index (χ1) is 8.22. The minimum atomic E-state index is -0.415. The molecule has 0 fully saturated rings. The molecule has 0 aliphatic rings. The van der Waals surface area contributed by atoms with E-state index >= 15 is 0 Å². The molecule has 0 aliphatic carbocycles. The Bertz CT molecular complexity index is 557. The highest BCUT2D eigenvalue weighted by molar-refractivity contribution is 6.05. The number of carbonyl (C=O) groups is 1. The molecule has 0 aliphatic heterocycles. The van der Waals surface area contributed by atoms with Crippen molar-refractivity contribution in [2.24, 2.45) is 0 Å². The van der Waals surface area contributed by atoms with Crippen molar-refractivity contribution in [3.8, 4) is 0 Å². The third-order valence-corrected chi connectivity index (χ3v) is 2.35. The summed E-state index contributed by atoms with van der Waals surface area (Å²) in [7, 11) is 0. The van der Waals surface area contributed by atoms with E-state index in [9.17, 15) is 9.18 Å². The zero-order chi connectivity index (χ0) is 12.3. The quantitative estimate of drug-likeness (QED) is 0.835. The molecule has 1 amide bonds. The summed E-state index contributed by atoms with van der Waals surface area (Å²) >= 11 is 0. The lowest BCUT2D eigenvalue weighted by Gasteiger charge is -2.06. The Kier molecular flexibility index (Phi) is 3.30. The Morgan fingerprint density at radius 3 is 3.00 bits per heavy atom. The van der Waals surface area contributed by atoms with Crippen molar-refractivity contribution in [3.05, 3.63) is 41.8 Å². The van der Waals surface area contributed by atoms with Gasteiger partial charge in [-0.2, -0.15) is 0 Å². The molecule has 0 atom stereocenters. The van der Waals surface area contributed by atoms with E-state index in [1.807, 2.05) is 0 Å². The van der Waals surface area contributed by atoms with Gasteiger partial charge in [0.25, 0.3) is 5.91 Å². The first-order valence-electron chi connectivity index (χ1n) is 5.15. The Morgan fingerprint density at radius 2 is 2.24 bits per heavy atom. The number of aromatic nitrogens is 1. The lowest BCUT2D eigenvalue weighted by atomic mass is 10.1. The first kappa shape index (κ1) is 11.5. The van der Waals surface area contributed by atoms with Crippen LogP contribution in [0.2, 0.25) is 0 Å². The van der Waals surface area contributed by atoms with Gasteiger partial charge in [-0.25, -0.2) is 4.39 Å². The third-order valence-electron chi connectivity index (χ3n) is 2.35. The fourth-order valence-corrected chi connectivity index (χ4v) is 1.58. The van der Waals surface area contributed by atoms with Crippen molar-refractivity contribution in [3.63, 3.8) is 0 Å². The van der Waals surface area contributed by atoms with Gasteiger partial charge in [0.1, 0.15) is 5.82 Å². The molecule has 1 heterocycles. The van der Waals surface area contributed by atoms with Crippen molar-refractivity contribution < 1.29 is 14.3 Å². The summed E-state index contributed by atoms with van der Waals surface area (Å²) in [5, 5.41) is 11.6. The van der Waals surface area contributed by atoms with Crippen molar-refractivity contribution in [1.82, 2.24) is 10.3 Å². The largest absolute Gasteiger partial charge is 0.395 e. The van der Waals surface area contributed by atoms with Crippen LogP contribution in [-0.4, -0.2) is 29.1 Å². The van der Waals surface area contributed by atoms with Crippen LogP contribution in [0.3, 0.4) is 0 Å². The average molecular weight is 234 g/mol. The normalized spacial score (nSPS) is 10.5. The van der Waals surface area contributed by atoms with Crippen LogP contribution in [0.1, 0.15) is 10.4 Å². The number of nitrogens with zero attached hydrogens (tertiary/aromatic N) is 1. The number of aliphatic hydroxyl groups excluding tert-OH is 1. The van der Waals surface area contributed by atoms with Gasteiger partial charge in [-0.1, -0.05) is 0 Å². The number of hydrogen-bond acceptors (Lipinski definition) is 3. The van der Waals surface area contributed by atoms with E-state index in [4.69, 9.17) is 5.11 Å². The van der Waals surface area contributed by atoms with E-state index in [2.05, 4.69) is 10.3 Å². The highest BCUT2D eigenvalue weighted by Gasteiger charge is 2.10. The van der Waals surface area contributed by atoms with E-state index < -0.39 is 5.82 Å². The van der Waals surface area contributed by atoms with E-state index in [0.717, 1.165) is 0 Å². The maximum atomic E-state index is 13.1. The monoisotopic (exact) mass is 234 g/mol. The number of benzene rings is 1. The number of fused-ring (bicyclic) bond motifs is 1. The van der Waals surface area contributed by atoms with Crippen LogP contribution in [0, 0.1) is 5.82 Å². The zero-order valence-corrected chi connectivity index (χ0v) is 8.98. The molecule has 0 spiro atoms. The van der Waals surface area contributed by atoms with Gasteiger partial charge >= 0.3 is 0 Å². The molecule has 2 rings (SSSR count). The summed E-state index contributed by atoms with van der Waals surface area (Å²) in [5.74, 6) is -0.765. The van der Waals surface area contributed by atoms with E-state index in [0.29, 0.717) is 16.5 Å². The summed E-state index contributed by atoms with van der Waals surface area (Å²) in [4.78, 5) is 15.8. The second-order valence-corrected chi connectivity index (χ2v) is 3.50. The molecule has 1 aromatic heterocycles. The number of rotatable bonds is 3. The number of amides is 1. The molecule has 4 nitrogen and oxygen atoms in total. The van der Waals surface area contributed by atoms with Crippen LogP contribution in [0.25, 0.3) is 10.9 Å². The van der Waals surface area contributed by atoms with Gasteiger partial charge in [-0.3, -0.25) is 9.78 Å². The highest BCUT2D eigenvalue weighted by atomic mass is 19.1. The number of carbonyl (C=O) groups excluding carboxylic acids is 1. The first-order valence-corrected chi connectivity index (χ1v) is 5.15. The molecular formula is C12H11FN2O2. The second kappa shape index (κ2) is 4.88. The van der Waals surface area contributed by atoms with Crippen molar-refractivity contribution >= 4 is 16.8 Å².